The molecule has 0 radical (unpaired) electrons. The number of hydrogen-bond donors (Lipinski definition) is 1. The van der Waals surface area contributed by atoms with Crippen molar-refractivity contribution in [2.75, 3.05) is 26.2 Å². The number of fused-ring (bicyclic) bond motifs is 1. The molecule has 2 fully saturated rings. The molecule has 2 aliphatic heterocycles. The Labute approximate surface area is 122 Å². The van der Waals surface area contributed by atoms with Crippen LogP contribution < -0.4 is 5.73 Å². The van der Waals surface area contributed by atoms with E-state index in [1.807, 2.05) is 0 Å². The Morgan fingerprint density at radius 2 is 2.00 bits per heavy atom. The summed E-state index contributed by atoms with van der Waals surface area (Å²) in [6, 6.07) is 12.0. The normalized spacial score (nSPS) is 29.9. The summed E-state index contributed by atoms with van der Waals surface area (Å²) < 4.78 is 0. The third-order valence-corrected chi connectivity index (χ3v) is 4.98. The van der Waals surface area contributed by atoms with Crippen LogP contribution in [0.5, 0.6) is 0 Å². The summed E-state index contributed by atoms with van der Waals surface area (Å²) in [5.41, 5.74) is 7.66. The largest absolute Gasteiger partial charge is 0.323 e. The highest BCUT2D eigenvalue weighted by molar-refractivity contribution is 5.18. The molecule has 3 nitrogen and oxygen atoms in total. The SMILES string of the molecule is CC1CN2CCCCC2CN1CC(N)c1ccccc1. The van der Waals surface area contributed by atoms with Gasteiger partial charge in [0.2, 0.25) is 0 Å². The second-order valence-corrected chi connectivity index (χ2v) is 6.46. The molecule has 0 aromatic heterocycles. The van der Waals surface area contributed by atoms with Gasteiger partial charge in [-0.05, 0) is 31.9 Å². The second-order valence-electron chi connectivity index (χ2n) is 6.46. The summed E-state index contributed by atoms with van der Waals surface area (Å²) in [6.45, 7) is 7.04. The Morgan fingerprint density at radius 3 is 2.80 bits per heavy atom. The van der Waals surface area contributed by atoms with E-state index in [9.17, 15) is 0 Å². The summed E-state index contributed by atoms with van der Waals surface area (Å²) in [5.74, 6) is 0. The van der Waals surface area contributed by atoms with Crippen LogP contribution in [-0.4, -0.2) is 48.1 Å². The first-order valence-corrected chi connectivity index (χ1v) is 8.02. The third-order valence-electron chi connectivity index (χ3n) is 4.98. The molecule has 3 unspecified atom stereocenters. The fraction of sp³-hybridized carbons (Fsp3) is 0.647. The van der Waals surface area contributed by atoms with E-state index >= 15 is 0 Å². The van der Waals surface area contributed by atoms with Gasteiger partial charge in [0, 0.05) is 37.8 Å². The van der Waals surface area contributed by atoms with Crippen molar-refractivity contribution >= 4 is 0 Å². The highest BCUT2D eigenvalue weighted by Gasteiger charge is 2.33. The molecule has 2 saturated heterocycles. The van der Waals surface area contributed by atoms with Crippen molar-refractivity contribution in [3.8, 4) is 0 Å². The zero-order valence-electron chi connectivity index (χ0n) is 12.5. The van der Waals surface area contributed by atoms with E-state index in [-0.39, 0.29) is 6.04 Å². The molecule has 2 aliphatic rings. The topological polar surface area (TPSA) is 32.5 Å². The van der Waals surface area contributed by atoms with Crippen molar-refractivity contribution in [2.45, 2.75) is 44.3 Å². The molecule has 2 N–H and O–H groups in total. The minimum Gasteiger partial charge on any atom is -0.323 e. The molecule has 0 saturated carbocycles. The molecular formula is C17H27N3. The average Bonchev–Trinajstić information content (AvgIpc) is 2.49. The molecule has 110 valence electrons. The first-order chi connectivity index (χ1) is 9.74. The van der Waals surface area contributed by atoms with Crippen molar-refractivity contribution in [1.29, 1.82) is 0 Å². The predicted molar refractivity (Wildman–Crippen MR) is 83.6 cm³/mol. The lowest BCUT2D eigenvalue weighted by atomic mass is 9.96. The molecule has 1 aromatic carbocycles. The van der Waals surface area contributed by atoms with Gasteiger partial charge >= 0.3 is 0 Å². The number of piperazine rings is 1. The Balaban J connectivity index is 1.62. The Bertz CT molecular complexity index is 420. The zero-order valence-corrected chi connectivity index (χ0v) is 12.5. The summed E-state index contributed by atoms with van der Waals surface area (Å²) in [4.78, 5) is 5.29. The predicted octanol–water partition coefficient (Wildman–Crippen LogP) is 2.25. The van der Waals surface area contributed by atoms with Crippen LogP contribution >= 0.6 is 0 Å². The minimum absolute atomic E-state index is 0.133. The van der Waals surface area contributed by atoms with Gasteiger partial charge in [-0.3, -0.25) is 9.80 Å². The van der Waals surface area contributed by atoms with Crippen molar-refractivity contribution in [2.24, 2.45) is 5.73 Å². The molecular weight excluding hydrogens is 246 g/mol. The van der Waals surface area contributed by atoms with Crippen LogP contribution in [0.1, 0.15) is 37.8 Å². The Hall–Kier alpha value is -0.900. The number of benzene rings is 1. The van der Waals surface area contributed by atoms with Crippen LogP contribution in [0, 0.1) is 0 Å². The molecule has 3 atom stereocenters. The minimum atomic E-state index is 0.133. The maximum atomic E-state index is 6.40. The Morgan fingerprint density at radius 1 is 1.20 bits per heavy atom. The van der Waals surface area contributed by atoms with Crippen molar-refractivity contribution < 1.29 is 0 Å². The van der Waals surface area contributed by atoms with Crippen molar-refractivity contribution in [3.05, 3.63) is 35.9 Å². The van der Waals surface area contributed by atoms with Gasteiger partial charge in [-0.1, -0.05) is 36.8 Å². The van der Waals surface area contributed by atoms with E-state index in [1.165, 1.54) is 44.5 Å². The molecule has 20 heavy (non-hydrogen) atoms. The summed E-state index contributed by atoms with van der Waals surface area (Å²) in [6.07, 6.45) is 4.14. The first-order valence-electron chi connectivity index (χ1n) is 8.02. The molecule has 3 heteroatoms. The van der Waals surface area contributed by atoms with E-state index in [4.69, 9.17) is 5.73 Å². The van der Waals surface area contributed by atoms with E-state index < -0.39 is 0 Å². The van der Waals surface area contributed by atoms with Gasteiger partial charge in [0.1, 0.15) is 0 Å². The van der Waals surface area contributed by atoms with Gasteiger partial charge in [0.25, 0.3) is 0 Å². The molecule has 0 bridgehead atoms. The molecule has 1 aromatic rings. The van der Waals surface area contributed by atoms with E-state index in [0.717, 1.165) is 12.6 Å². The maximum absolute atomic E-state index is 6.40. The third kappa shape index (κ3) is 3.05. The number of nitrogens with zero attached hydrogens (tertiary/aromatic N) is 2. The molecule has 0 amide bonds. The molecule has 0 aliphatic carbocycles. The quantitative estimate of drug-likeness (QED) is 0.917. The van der Waals surface area contributed by atoms with Gasteiger partial charge < -0.3 is 5.73 Å². The van der Waals surface area contributed by atoms with Gasteiger partial charge in [-0.2, -0.15) is 0 Å². The van der Waals surface area contributed by atoms with Gasteiger partial charge in [0.15, 0.2) is 0 Å². The Kier molecular flexibility index (Phi) is 4.39. The van der Waals surface area contributed by atoms with Crippen LogP contribution in [0.2, 0.25) is 0 Å². The van der Waals surface area contributed by atoms with Crippen molar-refractivity contribution in [3.63, 3.8) is 0 Å². The van der Waals surface area contributed by atoms with Crippen LogP contribution in [-0.2, 0) is 0 Å². The monoisotopic (exact) mass is 273 g/mol. The van der Waals surface area contributed by atoms with E-state index in [1.54, 1.807) is 0 Å². The maximum Gasteiger partial charge on any atom is 0.0424 e. The van der Waals surface area contributed by atoms with Gasteiger partial charge in [0.05, 0.1) is 0 Å². The van der Waals surface area contributed by atoms with Gasteiger partial charge in [-0.25, -0.2) is 0 Å². The fourth-order valence-corrected chi connectivity index (χ4v) is 3.73. The fourth-order valence-electron chi connectivity index (χ4n) is 3.73. The average molecular weight is 273 g/mol. The first kappa shape index (κ1) is 14.1. The van der Waals surface area contributed by atoms with Crippen molar-refractivity contribution in [1.82, 2.24) is 9.80 Å². The van der Waals surface area contributed by atoms with Crippen LogP contribution in [0.25, 0.3) is 0 Å². The number of rotatable bonds is 3. The molecule has 2 heterocycles. The lowest BCUT2D eigenvalue weighted by molar-refractivity contribution is 0.0125. The summed E-state index contributed by atoms with van der Waals surface area (Å²) in [7, 11) is 0. The summed E-state index contributed by atoms with van der Waals surface area (Å²) in [5, 5.41) is 0. The van der Waals surface area contributed by atoms with Gasteiger partial charge in [-0.15, -0.1) is 0 Å². The van der Waals surface area contributed by atoms with Crippen LogP contribution in [0.15, 0.2) is 30.3 Å². The highest BCUT2D eigenvalue weighted by Crippen LogP contribution is 2.25. The van der Waals surface area contributed by atoms with E-state index in [2.05, 4.69) is 47.1 Å². The summed E-state index contributed by atoms with van der Waals surface area (Å²) >= 11 is 0. The molecule has 3 rings (SSSR count). The van der Waals surface area contributed by atoms with Crippen LogP contribution in [0.4, 0.5) is 0 Å². The van der Waals surface area contributed by atoms with Crippen LogP contribution in [0.3, 0.4) is 0 Å². The molecule has 0 spiro atoms. The lowest BCUT2D eigenvalue weighted by Gasteiger charge is -2.48. The number of hydrogen-bond acceptors (Lipinski definition) is 3. The zero-order chi connectivity index (χ0) is 13.9. The lowest BCUT2D eigenvalue weighted by Crippen LogP contribution is -2.59. The number of piperidine rings is 1. The van der Waals surface area contributed by atoms with E-state index in [0.29, 0.717) is 6.04 Å². The highest BCUT2D eigenvalue weighted by atomic mass is 15.3. The number of nitrogens with two attached hydrogens (primary N) is 1. The smallest absolute Gasteiger partial charge is 0.0424 e. The standard InChI is InChI=1S/C17H27N3/c1-14-11-19-10-6-5-9-16(19)12-20(14)13-17(18)15-7-3-2-4-8-15/h2-4,7-8,14,16-17H,5-6,9-13,18H2,1H3. The second kappa shape index (κ2) is 6.25.